The first-order valence-electron chi connectivity index (χ1n) is 12.0. The molecule has 0 saturated carbocycles. The highest BCUT2D eigenvalue weighted by Crippen LogP contribution is 2.32. The lowest BCUT2D eigenvalue weighted by Gasteiger charge is -2.27. The molecule has 7 heteroatoms. The number of carbonyl (C=O) groups excluding carboxylic acids is 1. The monoisotopic (exact) mass is 469 g/mol. The van der Waals surface area contributed by atoms with E-state index in [2.05, 4.69) is 41.0 Å². The first-order chi connectivity index (χ1) is 16.9. The zero-order valence-corrected chi connectivity index (χ0v) is 20.7. The van der Waals surface area contributed by atoms with Crippen molar-refractivity contribution in [2.45, 2.75) is 26.8 Å². The Labute approximate surface area is 205 Å². The van der Waals surface area contributed by atoms with E-state index in [1.165, 1.54) is 21.6 Å². The van der Waals surface area contributed by atoms with Gasteiger partial charge in [0.15, 0.2) is 5.65 Å². The summed E-state index contributed by atoms with van der Waals surface area (Å²) < 4.78 is 0. The molecule has 7 nitrogen and oxygen atoms in total. The molecule has 180 valence electrons. The van der Waals surface area contributed by atoms with Crippen molar-refractivity contribution < 1.29 is 9.90 Å². The third-order valence-corrected chi connectivity index (χ3v) is 6.98. The minimum absolute atomic E-state index is 0.0594. The molecule has 2 aromatic heterocycles. The highest BCUT2D eigenvalue weighted by Gasteiger charge is 2.19. The third-order valence-electron chi connectivity index (χ3n) is 6.98. The maximum atomic E-state index is 12.7. The van der Waals surface area contributed by atoms with Gasteiger partial charge >= 0.3 is 0 Å². The molecule has 4 aromatic rings. The predicted molar refractivity (Wildman–Crippen MR) is 138 cm³/mol. The summed E-state index contributed by atoms with van der Waals surface area (Å²) in [6, 6.07) is 10.3. The van der Waals surface area contributed by atoms with Crippen LogP contribution in [0.4, 0.5) is 0 Å². The van der Waals surface area contributed by atoms with E-state index in [1.807, 2.05) is 37.5 Å². The fourth-order valence-corrected chi connectivity index (χ4v) is 4.99. The van der Waals surface area contributed by atoms with Crippen molar-refractivity contribution in [3.63, 3.8) is 0 Å². The van der Waals surface area contributed by atoms with Crippen LogP contribution in [-0.2, 0) is 13.0 Å². The van der Waals surface area contributed by atoms with Crippen molar-refractivity contribution in [2.75, 3.05) is 33.8 Å². The van der Waals surface area contributed by atoms with Gasteiger partial charge in [0.2, 0.25) is 0 Å². The average molecular weight is 470 g/mol. The summed E-state index contributed by atoms with van der Waals surface area (Å²) >= 11 is 0. The number of aromatic nitrogens is 3. The van der Waals surface area contributed by atoms with E-state index in [4.69, 9.17) is 10.1 Å². The van der Waals surface area contributed by atoms with Crippen LogP contribution in [0.15, 0.2) is 42.7 Å². The lowest BCUT2D eigenvalue weighted by atomic mass is 9.92. The van der Waals surface area contributed by atoms with E-state index in [0.29, 0.717) is 12.1 Å². The van der Waals surface area contributed by atoms with Gasteiger partial charge in [0.25, 0.3) is 5.91 Å². The first kappa shape index (κ1) is 23.2. The average Bonchev–Trinajstić information content (AvgIpc) is 3.26. The van der Waals surface area contributed by atoms with Crippen molar-refractivity contribution in [2.24, 2.45) is 0 Å². The number of nitrogens with one attached hydrogen (secondary N) is 1. The summed E-state index contributed by atoms with van der Waals surface area (Å²) in [5.41, 5.74) is 11.1. The lowest BCUT2D eigenvalue weighted by molar-refractivity contribution is 0.0766. The number of carbonyl (C=O) groups is 1. The second-order valence-electron chi connectivity index (χ2n) is 9.55. The number of aliphatic hydroxyl groups is 1. The van der Waals surface area contributed by atoms with Crippen LogP contribution in [0.5, 0.6) is 0 Å². The van der Waals surface area contributed by atoms with Crippen molar-refractivity contribution in [3.8, 4) is 22.4 Å². The zero-order valence-electron chi connectivity index (χ0n) is 20.7. The molecule has 0 spiro atoms. The van der Waals surface area contributed by atoms with Crippen LogP contribution < -0.4 is 0 Å². The molecule has 0 unspecified atom stereocenters. The fourth-order valence-electron chi connectivity index (χ4n) is 4.99. The molecule has 0 radical (unpaired) electrons. The Balaban J connectivity index is 1.52. The lowest BCUT2D eigenvalue weighted by Crippen LogP contribution is -2.29. The second-order valence-corrected chi connectivity index (χ2v) is 9.55. The van der Waals surface area contributed by atoms with Gasteiger partial charge in [-0.2, -0.15) is 0 Å². The summed E-state index contributed by atoms with van der Waals surface area (Å²) in [5, 5.41) is 9.15. The maximum absolute atomic E-state index is 12.7. The summed E-state index contributed by atoms with van der Waals surface area (Å²) in [4.78, 5) is 29.5. The van der Waals surface area contributed by atoms with Crippen molar-refractivity contribution in [1.82, 2.24) is 24.8 Å². The first-order valence-corrected chi connectivity index (χ1v) is 12.0. The highest BCUT2D eigenvalue weighted by molar-refractivity contribution is 5.97. The molecule has 0 saturated heterocycles. The number of aryl methyl sites for hydroxylation is 2. The number of fused-ring (bicyclic) bond motifs is 2. The van der Waals surface area contributed by atoms with Gasteiger partial charge in [-0.1, -0.05) is 12.1 Å². The van der Waals surface area contributed by atoms with Gasteiger partial charge < -0.3 is 19.9 Å². The number of rotatable bonds is 5. The number of amides is 1. The predicted octanol–water partition coefficient (Wildman–Crippen LogP) is 3.96. The molecule has 1 amide bonds. The van der Waals surface area contributed by atoms with Crippen LogP contribution in [0.25, 0.3) is 33.5 Å². The summed E-state index contributed by atoms with van der Waals surface area (Å²) in [5.74, 6) is -0.0995. The van der Waals surface area contributed by atoms with E-state index in [1.54, 1.807) is 7.05 Å². The van der Waals surface area contributed by atoms with Crippen LogP contribution in [0.3, 0.4) is 0 Å². The second kappa shape index (κ2) is 9.24. The minimum atomic E-state index is -0.0995. The molecule has 35 heavy (non-hydrogen) atoms. The van der Waals surface area contributed by atoms with Crippen LogP contribution in [0.2, 0.25) is 0 Å². The van der Waals surface area contributed by atoms with Gasteiger partial charge in [0.05, 0.1) is 18.5 Å². The fraction of sp³-hybridized carbons (Fsp3) is 0.321. The standard InChI is InChI=1S/C28H31N5O2/c1-17-12-20(13-21-16-32(3)8-7-22(17)21)25-15-30-27-26(31-25)24(14-29-27)19-5-6-23(18(2)11-19)28(35)33(4)9-10-34/h5-6,11-15,34H,7-10,16H2,1-4H3,(H,29,30). The third kappa shape index (κ3) is 4.33. The maximum Gasteiger partial charge on any atom is 0.253 e. The quantitative estimate of drug-likeness (QED) is 0.462. The summed E-state index contributed by atoms with van der Waals surface area (Å²) in [7, 11) is 3.86. The number of H-pyrrole nitrogens is 1. The highest BCUT2D eigenvalue weighted by atomic mass is 16.3. The van der Waals surface area contributed by atoms with Crippen LogP contribution >= 0.6 is 0 Å². The van der Waals surface area contributed by atoms with E-state index in [0.717, 1.165) is 58.6 Å². The molecule has 0 atom stereocenters. The molecule has 2 N–H and O–H groups in total. The van der Waals surface area contributed by atoms with E-state index < -0.39 is 0 Å². The van der Waals surface area contributed by atoms with Gasteiger partial charge in [-0.25, -0.2) is 9.97 Å². The number of aromatic amines is 1. The Bertz CT molecular complexity index is 1420. The van der Waals surface area contributed by atoms with Gasteiger partial charge in [0, 0.05) is 49.6 Å². The minimum Gasteiger partial charge on any atom is -0.395 e. The summed E-state index contributed by atoms with van der Waals surface area (Å²) in [6.45, 7) is 6.41. The number of hydrogen-bond acceptors (Lipinski definition) is 5. The Morgan fingerprint density at radius 2 is 1.97 bits per heavy atom. The largest absolute Gasteiger partial charge is 0.395 e. The van der Waals surface area contributed by atoms with Crippen LogP contribution in [0.1, 0.15) is 32.6 Å². The van der Waals surface area contributed by atoms with Crippen molar-refractivity contribution >= 4 is 17.1 Å². The van der Waals surface area contributed by atoms with Gasteiger partial charge in [-0.05, 0) is 73.3 Å². The number of benzene rings is 2. The SMILES string of the molecule is Cc1cc(-c2c[nH]c3ncc(-c4cc(C)c5c(c4)CN(C)CC5)nc23)ccc1C(=O)N(C)CCO. The van der Waals surface area contributed by atoms with Gasteiger partial charge in [-0.3, -0.25) is 4.79 Å². The van der Waals surface area contributed by atoms with E-state index >= 15 is 0 Å². The zero-order chi connectivity index (χ0) is 24.7. The smallest absolute Gasteiger partial charge is 0.253 e. The number of hydrogen-bond donors (Lipinski definition) is 2. The molecule has 5 rings (SSSR count). The molecule has 3 heterocycles. The molecule has 2 aromatic carbocycles. The van der Waals surface area contributed by atoms with Crippen LogP contribution in [0, 0.1) is 13.8 Å². The molecule has 1 aliphatic rings. The Morgan fingerprint density at radius 1 is 1.17 bits per heavy atom. The number of likely N-dealkylation sites (N-methyl/N-ethyl adjacent to an activating group) is 2. The van der Waals surface area contributed by atoms with Crippen molar-refractivity contribution in [3.05, 3.63) is 70.5 Å². The molecule has 0 aliphatic carbocycles. The molecule has 0 bridgehead atoms. The summed E-state index contributed by atoms with van der Waals surface area (Å²) in [6.07, 6.45) is 4.84. The van der Waals surface area contributed by atoms with Gasteiger partial charge in [0.1, 0.15) is 5.52 Å². The topological polar surface area (TPSA) is 85.4 Å². The number of aliphatic hydroxyl groups excluding tert-OH is 1. The van der Waals surface area contributed by atoms with E-state index in [-0.39, 0.29) is 12.5 Å². The molecular weight excluding hydrogens is 438 g/mol. The molecular formula is C28H31N5O2. The molecule has 0 fully saturated rings. The molecule has 1 aliphatic heterocycles. The van der Waals surface area contributed by atoms with E-state index in [9.17, 15) is 4.79 Å². The Kier molecular flexibility index (Phi) is 6.13. The Morgan fingerprint density at radius 3 is 2.74 bits per heavy atom. The van der Waals surface area contributed by atoms with Gasteiger partial charge in [-0.15, -0.1) is 0 Å². The van der Waals surface area contributed by atoms with Crippen molar-refractivity contribution in [1.29, 1.82) is 0 Å². The Hall–Kier alpha value is -3.55. The van der Waals surface area contributed by atoms with Crippen LogP contribution in [-0.4, -0.2) is 69.6 Å². The number of nitrogens with zero attached hydrogens (tertiary/aromatic N) is 4. The normalized spacial score (nSPS) is 13.7.